The van der Waals surface area contributed by atoms with E-state index in [9.17, 15) is 4.79 Å². The van der Waals surface area contributed by atoms with Crippen LogP contribution in [0.1, 0.15) is 5.56 Å². The van der Waals surface area contributed by atoms with Crippen LogP contribution in [0.2, 0.25) is 5.02 Å². The fraction of sp³-hybridized carbons (Fsp3) is 0.364. The van der Waals surface area contributed by atoms with E-state index in [2.05, 4.69) is 0 Å². The molecule has 1 rings (SSSR count). The Morgan fingerprint density at radius 2 is 2.18 bits per heavy atom. The highest BCUT2D eigenvalue weighted by Crippen LogP contribution is 2.21. The number of rotatable bonds is 5. The Kier molecular flexibility index (Phi) is 5.89. The molecule has 0 aliphatic rings. The molecule has 0 saturated carbocycles. The molecule has 1 unspecified atom stereocenters. The number of carbonyl (C=O) groups excluding carboxylic acids is 1. The lowest BCUT2D eigenvalue weighted by Gasteiger charge is -2.10. The zero-order chi connectivity index (χ0) is 12.8. The number of hydrogen-bond donors (Lipinski definition) is 0. The lowest BCUT2D eigenvalue weighted by molar-refractivity contribution is -0.147. The van der Waals surface area contributed by atoms with Gasteiger partial charge in [-0.3, -0.25) is 0 Å². The molecular weight excluding hydrogens is 286 g/mol. The molecule has 0 amide bonds. The smallest absolute Gasteiger partial charge is 0.345 e. The predicted molar refractivity (Wildman–Crippen MR) is 68.1 cm³/mol. The fourth-order valence-electron chi connectivity index (χ4n) is 1.12. The zero-order valence-electron chi connectivity index (χ0n) is 9.08. The summed E-state index contributed by atoms with van der Waals surface area (Å²) in [4.78, 5) is 11.2. The third-order valence-corrected chi connectivity index (χ3v) is 2.78. The SMILES string of the molecule is Cc1cc(Cl)ccc1OCC(=O)OC(Cl)CCl. The Bertz CT molecular complexity index is 396. The van der Waals surface area contributed by atoms with Crippen LogP contribution < -0.4 is 4.74 Å². The van der Waals surface area contributed by atoms with Crippen LogP contribution in [0.5, 0.6) is 5.75 Å². The summed E-state index contributed by atoms with van der Waals surface area (Å²) < 4.78 is 9.99. The van der Waals surface area contributed by atoms with Crippen molar-refractivity contribution in [3.05, 3.63) is 28.8 Å². The molecule has 0 bridgehead atoms. The van der Waals surface area contributed by atoms with E-state index in [1.807, 2.05) is 6.92 Å². The molecular formula is C11H11Cl3O3. The van der Waals surface area contributed by atoms with Gasteiger partial charge in [0.2, 0.25) is 0 Å². The van der Waals surface area contributed by atoms with Crippen molar-refractivity contribution < 1.29 is 14.3 Å². The van der Waals surface area contributed by atoms with Crippen LogP contribution in [0.3, 0.4) is 0 Å². The number of halogens is 3. The van der Waals surface area contributed by atoms with Crippen molar-refractivity contribution in [1.29, 1.82) is 0 Å². The summed E-state index contributed by atoms with van der Waals surface area (Å²) in [6, 6.07) is 5.11. The molecule has 1 atom stereocenters. The Morgan fingerprint density at radius 1 is 1.47 bits per heavy atom. The molecule has 17 heavy (non-hydrogen) atoms. The van der Waals surface area contributed by atoms with Crippen LogP contribution in [0.25, 0.3) is 0 Å². The van der Waals surface area contributed by atoms with Crippen LogP contribution >= 0.6 is 34.8 Å². The molecule has 1 aromatic rings. The van der Waals surface area contributed by atoms with E-state index in [0.29, 0.717) is 10.8 Å². The largest absolute Gasteiger partial charge is 0.482 e. The van der Waals surface area contributed by atoms with Gasteiger partial charge in [0.05, 0.1) is 5.88 Å². The van der Waals surface area contributed by atoms with Gasteiger partial charge in [0, 0.05) is 5.02 Å². The minimum Gasteiger partial charge on any atom is -0.482 e. The zero-order valence-corrected chi connectivity index (χ0v) is 11.4. The molecule has 0 radical (unpaired) electrons. The molecule has 0 spiro atoms. The molecule has 0 aromatic heterocycles. The summed E-state index contributed by atoms with van der Waals surface area (Å²) in [6.45, 7) is 1.61. The van der Waals surface area contributed by atoms with Crippen molar-refractivity contribution >= 4 is 40.8 Å². The quantitative estimate of drug-likeness (QED) is 0.617. The Labute approximate surface area is 115 Å². The number of carbonyl (C=O) groups is 1. The van der Waals surface area contributed by atoms with Gasteiger partial charge in [0.25, 0.3) is 0 Å². The molecule has 0 aliphatic heterocycles. The number of benzene rings is 1. The van der Waals surface area contributed by atoms with Gasteiger partial charge in [-0.1, -0.05) is 23.2 Å². The first-order chi connectivity index (χ1) is 8.02. The fourth-order valence-corrected chi connectivity index (χ4v) is 1.51. The first kappa shape index (κ1) is 14.4. The summed E-state index contributed by atoms with van der Waals surface area (Å²) >= 11 is 16.7. The van der Waals surface area contributed by atoms with Crippen molar-refractivity contribution in [2.75, 3.05) is 12.5 Å². The number of hydrogen-bond acceptors (Lipinski definition) is 3. The van der Waals surface area contributed by atoms with Gasteiger partial charge < -0.3 is 9.47 Å². The van der Waals surface area contributed by atoms with Crippen molar-refractivity contribution in [1.82, 2.24) is 0 Å². The second-order valence-electron chi connectivity index (χ2n) is 3.25. The van der Waals surface area contributed by atoms with Gasteiger partial charge in [-0.05, 0) is 30.7 Å². The molecule has 3 nitrogen and oxygen atoms in total. The van der Waals surface area contributed by atoms with Gasteiger partial charge in [-0.2, -0.15) is 0 Å². The number of alkyl halides is 2. The summed E-state index contributed by atoms with van der Waals surface area (Å²) in [5.74, 6) is 0.0381. The number of ether oxygens (including phenoxy) is 2. The van der Waals surface area contributed by atoms with Crippen LogP contribution in [-0.2, 0) is 9.53 Å². The summed E-state index contributed by atoms with van der Waals surface area (Å²) in [6.07, 6.45) is 0. The van der Waals surface area contributed by atoms with E-state index >= 15 is 0 Å². The predicted octanol–water partition coefficient (Wildman–Crippen LogP) is 3.37. The normalized spacial score (nSPS) is 12.0. The van der Waals surface area contributed by atoms with Crippen LogP contribution in [-0.4, -0.2) is 24.0 Å². The molecule has 0 heterocycles. The molecule has 0 fully saturated rings. The van der Waals surface area contributed by atoms with Crippen molar-refractivity contribution in [2.45, 2.75) is 12.5 Å². The third kappa shape index (κ3) is 5.02. The first-order valence-electron chi connectivity index (χ1n) is 4.81. The van der Waals surface area contributed by atoms with Crippen LogP contribution in [0.15, 0.2) is 18.2 Å². The summed E-state index contributed by atoms with van der Waals surface area (Å²) in [7, 11) is 0. The summed E-state index contributed by atoms with van der Waals surface area (Å²) in [5.41, 5.74) is 0.00384. The molecule has 0 N–H and O–H groups in total. The summed E-state index contributed by atoms with van der Waals surface area (Å²) in [5, 5.41) is 0.611. The van der Waals surface area contributed by atoms with E-state index < -0.39 is 11.5 Å². The van der Waals surface area contributed by atoms with Crippen molar-refractivity contribution in [3.8, 4) is 5.75 Å². The highest BCUT2D eigenvalue weighted by Gasteiger charge is 2.11. The molecule has 0 aliphatic carbocycles. The van der Waals surface area contributed by atoms with E-state index in [-0.39, 0.29) is 12.5 Å². The van der Waals surface area contributed by atoms with Gasteiger partial charge >= 0.3 is 5.97 Å². The lowest BCUT2D eigenvalue weighted by Crippen LogP contribution is -2.20. The Morgan fingerprint density at radius 3 is 2.76 bits per heavy atom. The monoisotopic (exact) mass is 296 g/mol. The Balaban J connectivity index is 2.47. The van der Waals surface area contributed by atoms with E-state index in [1.54, 1.807) is 18.2 Å². The van der Waals surface area contributed by atoms with Crippen LogP contribution in [0.4, 0.5) is 0 Å². The molecule has 0 saturated heterocycles. The minimum atomic E-state index is -0.834. The third-order valence-electron chi connectivity index (χ3n) is 1.86. The average Bonchev–Trinajstić information content (AvgIpc) is 2.27. The van der Waals surface area contributed by atoms with E-state index in [1.165, 1.54) is 0 Å². The topological polar surface area (TPSA) is 35.5 Å². The second kappa shape index (κ2) is 6.94. The maximum Gasteiger partial charge on any atom is 0.345 e. The lowest BCUT2D eigenvalue weighted by atomic mass is 10.2. The second-order valence-corrected chi connectivity index (χ2v) is 4.48. The van der Waals surface area contributed by atoms with Gasteiger partial charge in [-0.25, -0.2) is 4.79 Å². The highest BCUT2D eigenvalue weighted by molar-refractivity contribution is 6.30. The van der Waals surface area contributed by atoms with E-state index in [0.717, 1.165) is 5.56 Å². The molecule has 94 valence electrons. The first-order valence-corrected chi connectivity index (χ1v) is 6.16. The average molecular weight is 298 g/mol. The number of esters is 1. The van der Waals surface area contributed by atoms with Gasteiger partial charge in [-0.15, -0.1) is 11.6 Å². The standard InChI is InChI=1S/C11H11Cl3O3/c1-7-4-8(13)2-3-9(7)16-6-11(15)17-10(14)5-12/h2-4,10H,5-6H2,1H3. The molecule has 1 aromatic carbocycles. The minimum absolute atomic E-state index is 0.0350. The van der Waals surface area contributed by atoms with Crippen molar-refractivity contribution in [2.24, 2.45) is 0 Å². The molecule has 6 heteroatoms. The van der Waals surface area contributed by atoms with Gasteiger partial charge in [0.15, 0.2) is 12.2 Å². The maximum atomic E-state index is 11.2. The Hall–Kier alpha value is -0.640. The maximum absolute atomic E-state index is 11.2. The van der Waals surface area contributed by atoms with Gasteiger partial charge in [0.1, 0.15) is 5.75 Å². The van der Waals surface area contributed by atoms with Crippen molar-refractivity contribution in [3.63, 3.8) is 0 Å². The van der Waals surface area contributed by atoms with E-state index in [4.69, 9.17) is 44.3 Å². The van der Waals surface area contributed by atoms with Crippen LogP contribution in [0, 0.1) is 6.92 Å². The number of aryl methyl sites for hydroxylation is 1. The highest BCUT2D eigenvalue weighted by atomic mass is 35.5.